The molecule has 2 N–H and O–H groups in total. The quantitative estimate of drug-likeness (QED) is 0.800. The minimum Gasteiger partial charge on any atom is -0.399 e. The molecule has 1 aromatic heterocycles. The van der Waals surface area contributed by atoms with Gasteiger partial charge in [0.2, 0.25) is 0 Å². The first kappa shape index (κ1) is 11.8. The van der Waals surface area contributed by atoms with Crippen LogP contribution in [0.1, 0.15) is 0 Å². The summed E-state index contributed by atoms with van der Waals surface area (Å²) in [5.74, 6) is 0. The highest BCUT2D eigenvalue weighted by atomic mass is 32.2. The molecular formula is C9H7F3N2O2S. The van der Waals surface area contributed by atoms with Crippen molar-refractivity contribution >= 4 is 26.6 Å². The van der Waals surface area contributed by atoms with Gasteiger partial charge in [-0.15, -0.1) is 0 Å². The lowest BCUT2D eigenvalue weighted by molar-refractivity contribution is -0.0445. The van der Waals surface area contributed by atoms with Crippen molar-refractivity contribution in [2.75, 3.05) is 5.73 Å². The first-order chi connectivity index (χ1) is 7.73. The fraction of sp³-hybridized carbons (Fsp3) is 0.111. The van der Waals surface area contributed by atoms with Gasteiger partial charge in [0.05, 0.1) is 5.52 Å². The number of alkyl halides is 3. The number of hydrogen-bond donors (Lipinski definition) is 1. The number of halogens is 3. The molecule has 0 radical (unpaired) electrons. The fourth-order valence-corrected chi connectivity index (χ4v) is 2.33. The number of anilines is 1. The summed E-state index contributed by atoms with van der Waals surface area (Å²) in [6.07, 6.45) is 0.854. The van der Waals surface area contributed by atoms with E-state index in [1.807, 2.05) is 0 Å². The molecular weight excluding hydrogens is 257 g/mol. The van der Waals surface area contributed by atoms with E-state index in [1.165, 1.54) is 24.3 Å². The Kier molecular flexibility index (Phi) is 2.35. The minimum absolute atomic E-state index is 0.0588. The molecule has 0 amide bonds. The van der Waals surface area contributed by atoms with Crippen molar-refractivity contribution in [3.63, 3.8) is 0 Å². The topological polar surface area (TPSA) is 65.1 Å². The van der Waals surface area contributed by atoms with Gasteiger partial charge >= 0.3 is 15.5 Å². The van der Waals surface area contributed by atoms with Gasteiger partial charge in [0.25, 0.3) is 0 Å². The minimum atomic E-state index is -5.40. The number of benzene rings is 1. The highest BCUT2D eigenvalue weighted by Gasteiger charge is 2.47. The van der Waals surface area contributed by atoms with Crippen LogP contribution in [0.4, 0.5) is 18.9 Å². The largest absolute Gasteiger partial charge is 0.517 e. The van der Waals surface area contributed by atoms with Gasteiger partial charge < -0.3 is 5.73 Å². The number of nitrogens with zero attached hydrogens (tertiary/aromatic N) is 1. The summed E-state index contributed by atoms with van der Waals surface area (Å²) in [5.41, 5.74) is 0.402. The Bertz CT molecular complexity index is 673. The Morgan fingerprint density at radius 2 is 1.82 bits per heavy atom. The third-order valence-electron chi connectivity index (χ3n) is 2.23. The van der Waals surface area contributed by atoms with Gasteiger partial charge in [-0.2, -0.15) is 21.6 Å². The van der Waals surface area contributed by atoms with E-state index in [0.29, 0.717) is 11.1 Å². The molecule has 0 aliphatic rings. The van der Waals surface area contributed by atoms with E-state index in [4.69, 9.17) is 5.73 Å². The maximum absolute atomic E-state index is 12.4. The third-order valence-corrected chi connectivity index (χ3v) is 3.65. The molecule has 2 aromatic rings. The van der Waals surface area contributed by atoms with Gasteiger partial charge in [-0.05, 0) is 24.3 Å². The lowest BCUT2D eigenvalue weighted by Crippen LogP contribution is -2.29. The van der Waals surface area contributed by atoms with Crippen LogP contribution in [0.15, 0.2) is 30.5 Å². The molecule has 2 rings (SSSR count). The monoisotopic (exact) mass is 264 g/mol. The van der Waals surface area contributed by atoms with E-state index < -0.39 is 15.5 Å². The fourth-order valence-electron chi connectivity index (χ4n) is 1.46. The highest BCUT2D eigenvalue weighted by molar-refractivity contribution is 7.90. The highest BCUT2D eigenvalue weighted by Crippen LogP contribution is 2.29. The summed E-state index contributed by atoms with van der Waals surface area (Å²) in [7, 11) is -5.40. The molecule has 8 heteroatoms. The van der Waals surface area contributed by atoms with Crippen LogP contribution in [0, 0.1) is 0 Å². The van der Waals surface area contributed by atoms with Crippen LogP contribution in [0.2, 0.25) is 0 Å². The van der Waals surface area contributed by atoms with Crippen LogP contribution < -0.4 is 5.73 Å². The van der Waals surface area contributed by atoms with E-state index in [-0.39, 0.29) is 9.49 Å². The summed E-state index contributed by atoms with van der Waals surface area (Å²) in [6.45, 7) is 0. The molecule has 1 aromatic carbocycles. The molecule has 0 aliphatic carbocycles. The summed E-state index contributed by atoms with van der Waals surface area (Å²) in [5, 5.41) is 0.331. The predicted octanol–water partition coefficient (Wildman–Crippen LogP) is 1.92. The number of nitrogens with two attached hydrogens (primary N) is 1. The lowest BCUT2D eigenvalue weighted by atomic mass is 10.2. The Labute approximate surface area is 94.5 Å². The molecule has 0 saturated carbocycles. The van der Waals surface area contributed by atoms with Crippen molar-refractivity contribution in [1.29, 1.82) is 0 Å². The standard InChI is InChI=1S/C9H7F3N2O2S/c10-9(11,12)17(15,16)14-4-3-6-5-7(13)1-2-8(6)14/h1-5H,13H2. The van der Waals surface area contributed by atoms with E-state index >= 15 is 0 Å². The van der Waals surface area contributed by atoms with Crippen molar-refractivity contribution in [3.8, 4) is 0 Å². The molecule has 0 aliphatic heterocycles. The average molecular weight is 264 g/mol. The van der Waals surface area contributed by atoms with Crippen LogP contribution in [-0.2, 0) is 10.0 Å². The van der Waals surface area contributed by atoms with Gasteiger partial charge in [0.1, 0.15) is 0 Å². The van der Waals surface area contributed by atoms with Gasteiger partial charge in [-0.3, -0.25) is 0 Å². The van der Waals surface area contributed by atoms with Crippen LogP contribution in [0.5, 0.6) is 0 Å². The van der Waals surface area contributed by atoms with Crippen LogP contribution in [0.3, 0.4) is 0 Å². The molecule has 17 heavy (non-hydrogen) atoms. The van der Waals surface area contributed by atoms with E-state index in [0.717, 1.165) is 6.20 Å². The van der Waals surface area contributed by atoms with Gasteiger partial charge in [-0.1, -0.05) is 0 Å². The zero-order valence-electron chi connectivity index (χ0n) is 8.27. The number of rotatable bonds is 1. The van der Waals surface area contributed by atoms with Gasteiger partial charge in [0.15, 0.2) is 0 Å². The van der Waals surface area contributed by atoms with Crippen LogP contribution >= 0.6 is 0 Å². The molecule has 0 saturated heterocycles. The Hall–Kier alpha value is -1.70. The summed E-state index contributed by atoms with van der Waals surface area (Å²) >= 11 is 0. The molecule has 1 heterocycles. The summed E-state index contributed by atoms with van der Waals surface area (Å²) in [6, 6.07) is 5.23. The maximum atomic E-state index is 12.4. The number of nitrogen functional groups attached to an aromatic ring is 1. The molecule has 4 nitrogen and oxygen atoms in total. The van der Waals surface area contributed by atoms with Crippen molar-refractivity contribution in [3.05, 3.63) is 30.5 Å². The molecule has 0 atom stereocenters. The SMILES string of the molecule is Nc1ccc2c(ccn2S(=O)(=O)C(F)(F)F)c1. The molecule has 0 spiro atoms. The van der Waals surface area contributed by atoms with E-state index in [9.17, 15) is 21.6 Å². The zero-order valence-corrected chi connectivity index (χ0v) is 9.09. The molecule has 0 unspecified atom stereocenters. The van der Waals surface area contributed by atoms with Crippen molar-refractivity contribution < 1.29 is 21.6 Å². The first-order valence-electron chi connectivity index (χ1n) is 4.42. The smallest absolute Gasteiger partial charge is 0.399 e. The Balaban J connectivity index is 2.74. The average Bonchev–Trinajstić information content (AvgIpc) is 2.58. The summed E-state index contributed by atoms with van der Waals surface area (Å²) in [4.78, 5) is 0. The second-order valence-electron chi connectivity index (χ2n) is 3.38. The normalized spacial score (nSPS) is 13.1. The van der Waals surface area contributed by atoms with Gasteiger partial charge in [-0.25, -0.2) is 3.97 Å². The van der Waals surface area contributed by atoms with Crippen molar-refractivity contribution in [1.82, 2.24) is 3.97 Å². The van der Waals surface area contributed by atoms with Crippen LogP contribution in [-0.4, -0.2) is 17.9 Å². The Morgan fingerprint density at radius 3 is 2.41 bits per heavy atom. The molecule has 0 fully saturated rings. The summed E-state index contributed by atoms with van der Waals surface area (Å²) < 4.78 is 59.7. The first-order valence-corrected chi connectivity index (χ1v) is 5.86. The van der Waals surface area contributed by atoms with Gasteiger partial charge in [0, 0.05) is 17.3 Å². The second-order valence-corrected chi connectivity index (χ2v) is 5.19. The second kappa shape index (κ2) is 3.39. The van der Waals surface area contributed by atoms with E-state index in [1.54, 1.807) is 0 Å². The predicted molar refractivity (Wildman–Crippen MR) is 56.7 cm³/mol. The number of fused-ring (bicyclic) bond motifs is 1. The van der Waals surface area contributed by atoms with E-state index in [2.05, 4.69) is 0 Å². The maximum Gasteiger partial charge on any atom is 0.517 e. The van der Waals surface area contributed by atoms with Crippen molar-refractivity contribution in [2.45, 2.75) is 5.51 Å². The lowest BCUT2D eigenvalue weighted by Gasteiger charge is -2.10. The number of hydrogen-bond acceptors (Lipinski definition) is 3. The third kappa shape index (κ3) is 1.74. The zero-order chi connectivity index (χ0) is 12.8. The van der Waals surface area contributed by atoms with Crippen LogP contribution in [0.25, 0.3) is 10.9 Å². The number of aromatic nitrogens is 1. The molecule has 92 valence electrons. The van der Waals surface area contributed by atoms with Crippen molar-refractivity contribution in [2.24, 2.45) is 0 Å². The Morgan fingerprint density at radius 1 is 1.18 bits per heavy atom. The molecule has 0 bridgehead atoms.